The summed E-state index contributed by atoms with van der Waals surface area (Å²) in [5.74, 6) is 0.0255. The number of carboxylic acid groups (broad SMARTS) is 1. The fourth-order valence-corrected chi connectivity index (χ4v) is 1.98. The lowest BCUT2D eigenvalue weighted by Gasteiger charge is -2.15. The van der Waals surface area contributed by atoms with Crippen molar-refractivity contribution in [3.63, 3.8) is 0 Å². The number of nitrogens with one attached hydrogen (secondary N) is 1. The first-order chi connectivity index (χ1) is 7.63. The van der Waals surface area contributed by atoms with Crippen molar-refractivity contribution in [1.82, 2.24) is 0 Å². The van der Waals surface area contributed by atoms with E-state index < -0.39 is 12.0 Å². The second-order valence-corrected chi connectivity index (χ2v) is 5.22. The molecule has 0 fully saturated rings. The maximum Gasteiger partial charge on any atom is 0.326 e. The van der Waals surface area contributed by atoms with Crippen LogP contribution in [0.25, 0.3) is 0 Å². The molecule has 0 spiro atoms. The zero-order valence-corrected chi connectivity index (χ0v) is 11.3. The Morgan fingerprint density at radius 2 is 2.12 bits per heavy atom. The molecule has 0 radical (unpaired) electrons. The van der Waals surface area contributed by atoms with E-state index in [1.807, 2.05) is 30.5 Å². The highest BCUT2D eigenvalue weighted by atomic mass is 79.9. The number of halogens is 1. The Kier molecular flexibility index (Phi) is 5.69. The number of anilines is 1. The maximum absolute atomic E-state index is 11.0. The molecule has 16 heavy (non-hydrogen) atoms. The Bertz CT molecular complexity index is 342. The topological polar surface area (TPSA) is 49.3 Å². The monoisotopic (exact) mass is 303 g/mol. The highest BCUT2D eigenvalue weighted by Crippen LogP contribution is 2.16. The lowest BCUT2D eigenvalue weighted by molar-refractivity contribution is -0.137. The van der Waals surface area contributed by atoms with Gasteiger partial charge >= 0.3 is 5.97 Å². The van der Waals surface area contributed by atoms with Gasteiger partial charge in [0, 0.05) is 10.2 Å². The first-order valence-corrected chi connectivity index (χ1v) is 7.06. The van der Waals surface area contributed by atoms with Crippen LogP contribution < -0.4 is 5.32 Å². The SMILES string of the molecule is CSCCC(Nc1ccc(Br)cc1)C(=O)O. The number of carboxylic acids is 1. The molecule has 0 aromatic heterocycles. The molecule has 0 saturated carbocycles. The minimum Gasteiger partial charge on any atom is -0.480 e. The van der Waals surface area contributed by atoms with Crippen molar-refractivity contribution in [2.75, 3.05) is 17.3 Å². The second-order valence-electron chi connectivity index (χ2n) is 3.32. The van der Waals surface area contributed by atoms with Gasteiger partial charge in [-0.1, -0.05) is 15.9 Å². The summed E-state index contributed by atoms with van der Waals surface area (Å²) in [4.78, 5) is 11.0. The fraction of sp³-hybridized carbons (Fsp3) is 0.364. The molecule has 0 saturated heterocycles. The predicted octanol–water partition coefficient (Wildman–Crippen LogP) is 3.07. The summed E-state index contributed by atoms with van der Waals surface area (Å²) < 4.78 is 0.981. The van der Waals surface area contributed by atoms with Crippen LogP contribution >= 0.6 is 27.7 Å². The highest BCUT2D eigenvalue weighted by molar-refractivity contribution is 9.10. The molecule has 1 aromatic carbocycles. The number of rotatable bonds is 6. The zero-order valence-electron chi connectivity index (χ0n) is 8.94. The van der Waals surface area contributed by atoms with Gasteiger partial charge in [-0.2, -0.15) is 11.8 Å². The summed E-state index contributed by atoms with van der Waals surface area (Å²) in [6.07, 6.45) is 2.59. The number of hydrogen-bond donors (Lipinski definition) is 2. The third kappa shape index (κ3) is 4.45. The Labute approximate surface area is 108 Å². The van der Waals surface area contributed by atoms with E-state index in [1.54, 1.807) is 11.8 Å². The predicted molar refractivity (Wildman–Crippen MR) is 72.2 cm³/mol. The van der Waals surface area contributed by atoms with Crippen LogP contribution in [0.2, 0.25) is 0 Å². The molecule has 1 aromatic rings. The van der Waals surface area contributed by atoms with Crippen molar-refractivity contribution in [2.45, 2.75) is 12.5 Å². The van der Waals surface area contributed by atoms with Crippen LogP contribution in [0.4, 0.5) is 5.69 Å². The number of hydrogen-bond acceptors (Lipinski definition) is 3. The molecule has 2 N–H and O–H groups in total. The molecule has 0 amide bonds. The van der Waals surface area contributed by atoms with Crippen LogP contribution in [0, 0.1) is 0 Å². The zero-order chi connectivity index (χ0) is 12.0. The van der Waals surface area contributed by atoms with Gasteiger partial charge in [-0.3, -0.25) is 0 Å². The van der Waals surface area contributed by atoms with Crippen molar-refractivity contribution in [3.8, 4) is 0 Å². The molecule has 0 aliphatic carbocycles. The molecular formula is C11H14BrNO2S. The van der Waals surface area contributed by atoms with Crippen LogP contribution in [0.1, 0.15) is 6.42 Å². The van der Waals surface area contributed by atoms with Crippen LogP contribution in [-0.4, -0.2) is 29.1 Å². The van der Waals surface area contributed by atoms with Gasteiger partial charge in [0.25, 0.3) is 0 Å². The molecule has 0 bridgehead atoms. The van der Waals surface area contributed by atoms with Crippen molar-refractivity contribution >= 4 is 39.3 Å². The van der Waals surface area contributed by atoms with Crippen molar-refractivity contribution in [3.05, 3.63) is 28.7 Å². The van der Waals surface area contributed by atoms with E-state index in [0.29, 0.717) is 6.42 Å². The lowest BCUT2D eigenvalue weighted by Crippen LogP contribution is -2.29. The Hall–Kier alpha value is -0.680. The summed E-state index contributed by atoms with van der Waals surface area (Å²) in [5, 5.41) is 12.0. The average molecular weight is 304 g/mol. The quantitative estimate of drug-likeness (QED) is 0.848. The van der Waals surface area contributed by atoms with E-state index in [2.05, 4.69) is 21.2 Å². The molecule has 1 rings (SSSR count). The van der Waals surface area contributed by atoms with Gasteiger partial charge in [0.1, 0.15) is 6.04 Å². The lowest BCUT2D eigenvalue weighted by atomic mass is 10.2. The van der Waals surface area contributed by atoms with Crippen molar-refractivity contribution in [2.24, 2.45) is 0 Å². The Balaban J connectivity index is 2.60. The summed E-state index contributed by atoms with van der Waals surface area (Å²) in [7, 11) is 0. The molecule has 5 heteroatoms. The summed E-state index contributed by atoms with van der Waals surface area (Å²) in [6.45, 7) is 0. The molecule has 3 nitrogen and oxygen atoms in total. The van der Waals surface area contributed by atoms with Gasteiger partial charge in [-0.15, -0.1) is 0 Å². The molecule has 88 valence electrons. The third-order valence-electron chi connectivity index (χ3n) is 2.09. The summed E-state index contributed by atoms with van der Waals surface area (Å²) >= 11 is 4.98. The van der Waals surface area contributed by atoms with Crippen LogP contribution in [0.3, 0.4) is 0 Å². The maximum atomic E-state index is 11.0. The number of aliphatic carboxylic acids is 1. The number of benzene rings is 1. The average Bonchev–Trinajstić information content (AvgIpc) is 2.26. The minimum absolute atomic E-state index is 0.520. The molecular weight excluding hydrogens is 290 g/mol. The first kappa shape index (κ1) is 13.4. The summed E-state index contributed by atoms with van der Waals surface area (Å²) in [6, 6.07) is 6.97. The van der Waals surface area contributed by atoms with Gasteiger partial charge in [0.15, 0.2) is 0 Å². The molecule has 1 atom stereocenters. The van der Waals surface area contributed by atoms with Crippen molar-refractivity contribution < 1.29 is 9.90 Å². The highest BCUT2D eigenvalue weighted by Gasteiger charge is 2.16. The third-order valence-corrected chi connectivity index (χ3v) is 3.27. The van der Waals surface area contributed by atoms with Crippen LogP contribution in [0.15, 0.2) is 28.7 Å². The van der Waals surface area contributed by atoms with Gasteiger partial charge < -0.3 is 10.4 Å². The standard InChI is InChI=1S/C11H14BrNO2S/c1-16-7-6-10(11(14)15)13-9-4-2-8(12)3-5-9/h2-5,10,13H,6-7H2,1H3,(H,14,15). The second kappa shape index (κ2) is 6.81. The van der Waals surface area contributed by atoms with E-state index in [0.717, 1.165) is 15.9 Å². The minimum atomic E-state index is -0.808. The van der Waals surface area contributed by atoms with E-state index in [-0.39, 0.29) is 0 Å². The molecule has 0 aliphatic heterocycles. The van der Waals surface area contributed by atoms with E-state index >= 15 is 0 Å². The first-order valence-electron chi connectivity index (χ1n) is 4.87. The van der Waals surface area contributed by atoms with E-state index in [1.165, 1.54) is 0 Å². The molecule has 0 aliphatic rings. The van der Waals surface area contributed by atoms with E-state index in [9.17, 15) is 4.79 Å². The van der Waals surface area contributed by atoms with Gasteiger partial charge in [0.2, 0.25) is 0 Å². The van der Waals surface area contributed by atoms with Crippen molar-refractivity contribution in [1.29, 1.82) is 0 Å². The fourth-order valence-electron chi connectivity index (χ4n) is 1.24. The molecule has 1 unspecified atom stereocenters. The Morgan fingerprint density at radius 3 is 2.62 bits per heavy atom. The van der Waals surface area contributed by atoms with Crippen LogP contribution in [-0.2, 0) is 4.79 Å². The largest absolute Gasteiger partial charge is 0.480 e. The number of thioether (sulfide) groups is 1. The van der Waals surface area contributed by atoms with Gasteiger partial charge in [0.05, 0.1) is 0 Å². The number of carbonyl (C=O) groups is 1. The van der Waals surface area contributed by atoms with E-state index in [4.69, 9.17) is 5.11 Å². The van der Waals surface area contributed by atoms with Gasteiger partial charge in [-0.05, 0) is 42.7 Å². The smallest absolute Gasteiger partial charge is 0.326 e. The van der Waals surface area contributed by atoms with Gasteiger partial charge in [-0.25, -0.2) is 4.79 Å². The molecule has 0 heterocycles. The van der Waals surface area contributed by atoms with Crippen LogP contribution in [0.5, 0.6) is 0 Å². The Morgan fingerprint density at radius 1 is 1.50 bits per heavy atom. The summed E-state index contributed by atoms with van der Waals surface area (Å²) in [5.41, 5.74) is 0.830. The normalized spacial score (nSPS) is 12.1.